The molecule has 0 bridgehead atoms. The molecule has 0 radical (unpaired) electrons. The summed E-state index contributed by atoms with van der Waals surface area (Å²) >= 11 is 5.31. The molecule has 4 heteroatoms. The summed E-state index contributed by atoms with van der Waals surface area (Å²) in [6.07, 6.45) is 6.47. The van der Waals surface area contributed by atoms with Crippen LogP contribution in [0.1, 0.15) is 55.3 Å². The average molecular weight is 266 g/mol. The highest BCUT2D eigenvalue weighted by molar-refractivity contribution is 7.71. The van der Waals surface area contributed by atoms with Crippen molar-refractivity contribution in [2.75, 3.05) is 7.11 Å². The molecule has 0 aromatic carbocycles. The van der Waals surface area contributed by atoms with Gasteiger partial charge in [-0.1, -0.05) is 31.5 Å². The normalized spacial score (nSPS) is 18.8. The molecule has 0 amide bonds. The molecule has 1 heterocycles. The molecule has 3 nitrogen and oxygen atoms in total. The first-order valence-corrected chi connectivity index (χ1v) is 7.14. The van der Waals surface area contributed by atoms with Crippen molar-refractivity contribution in [3.8, 4) is 0 Å². The second kappa shape index (κ2) is 5.93. The van der Waals surface area contributed by atoms with E-state index >= 15 is 0 Å². The van der Waals surface area contributed by atoms with Gasteiger partial charge >= 0.3 is 0 Å². The van der Waals surface area contributed by atoms with Crippen LogP contribution in [0, 0.1) is 24.4 Å². The second-order valence-corrected chi connectivity index (χ2v) is 5.62. The number of rotatable bonds is 3. The van der Waals surface area contributed by atoms with E-state index in [1.165, 1.54) is 32.1 Å². The van der Waals surface area contributed by atoms with Crippen molar-refractivity contribution in [3.05, 3.63) is 21.7 Å². The minimum Gasteiger partial charge on any atom is -0.373 e. The number of hydrogen-bond donors (Lipinski definition) is 1. The molecule has 0 spiro atoms. The van der Waals surface area contributed by atoms with Crippen LogP contribution in [-0.2, 0) is 4.74 Å². The largest absolute Gasteiger partial charge is 0.373 e. The van der Waals surface area contributed by atoms with Crippen LogP contribution >= 0.6 is 12.2 Å². The first-order valence-electron chi connectivity index (χ1n) is 6.73. The van der Waals surface area contributed by atoms with Crippen molar-refractivity contribution in [1.82, 2.24) is 9.97 Å². The summed E-state index contributed by atoms with van der Waals surface area (Å²) in [5.41, 5.74) is 2.16. The fourth-order valence-corrected chi connectivity index (χ4v) is 3.02. The molecule has 1 aromatic heterocycles. The number of ether oxygens (including phenoxy) is 1. The van der Waals surface area contributed by atoms with Crippen molar-refractivity contribution < 1.29 is 4.74 Å². The molecule has 1 atom stereocenters. The Morgan fingerprint density at radius 2 is 1.94 bits per heavy atom. The highest BCUT2D eigenvalue weighted by Crippen LogP contribution is 2.35. The van der Waals surface area contributed by atoms with E-state index in [-0.39, 0.29) is 6.10 Å². The molecular formula is C14H22N2OS. The second-order valence-electron chi connectivity index (χ2n) is 5.23. The van der Waals surface area contributed by atoms with E-state index in [9.17, 15) is 0 Å². The lowest BCUT2D eigenvalue weighted by Gasteiger charge is -2.28. The van der Waals surface area contributed by atoms with Crippen LogP contribution in [0.5, 0.6) is 0 Å². The van der Waals surface area contributed by atoms with Crippen molar-refractivity contribution in [2.45, 2.75) is 52.1 Å². The number of methoxy groups -OCH3 is 1. The lowest BCUT2D eigenvalue weighted by Crippen LogP contribution is -2.20. The Bertz CT molecular complexity index is 463. The summed E-state index contributed by atoms with van der Waals surface area (Å²) in [4.78, 5) is 7.88. The summed E-state index contributed by atoms with van der Waals surface area (Å²) in [7, 11) is 1.77. The van der Waals surface area contributed by atoms with Gasteiger partial charge in [-0.2, -0.15) is 0 Å². The molecule has 100 valence electrons. The molecule has 1 unspecified atom stereocenters. The third kappa shape index (κ3) is 2.81. The molecule has 1 aliphatic carbocycles. The maximum Gasteiger partial charge on any atom is 0.137 e. The zero-order valence-corrected chi connectivity index (χ0v) is 12.3. The van der Waals surface area contributed by atoms with E-state index < -0.39 is 0 Å². The summed E-state index contributed by atoms with van der Waals surface area (Å²) in [5, 5.41) is 0. The maximum atomic E-state index is 5.69. The first kappa shape index (κ1) is 13.7. The fourth-order valence-electron chi connectivity index (χ4n) is 2.77. The van der Waals surface area contributed by atoms with Crippen LogP contribution in [0.15, 0.2) is 0 Å². The van der Waals surface area contributed by atoms with E-state index in [2.05, 4.69) is 9.97 Å². The standard InChI is InChI=1S/C14H22N2OS/c1-9-10(2)15-13(16-14(9)18)12(17-3)11-7-5-4-6-8-11/h11-12H,4-8H2,1-3H3,(H,15,16,18). The van der Waals surface area contributed by atoms with Crippen molar-refractivity contribution in [2.24, 2.45) is 5.92 Å². The summed E-state index contributed by atoms with van der Waals surface area (Å²) in [6, 6.07) is 0. The van der Waals surface area contributed by atoms with Crippen LogP contribution in [0.3, 0.4) is 0 Å². The highest BCUT2D eigenvalue weighted by Gasteiger charge is 2.26. The Kier molecular flexibility index (Phi) is 4.51. The average Bonchev–Trinajstić information content (AvgIpc) is 2.38. The number of nitrogens with one attached hydrogen (secondary N) is 1. The van der Waals surface area contributed by atoms with Crippen molar-refractivity contribution >= 4 is 12.2 Å². The van der Waals surface area contributed by atoms with Gasteiger partial charge in [0.15, 0.2) is 0 Å². The molecule has 0 saturated heterocycles. The van der Waals surface area contributed by atoms with Gasteiger partial charge in [-0.3, -0.25) is 0 Å². The monoisotopic (exact) mass is 266 g/mol. The lowest BCUT2D eigenvalue weighted by atomic mass is 9.85. The molecule has 1 aliphatic rings. The van der Waals surface area contributed by atoms with E-state index in [1.54, 1.807) is 7.11 Å². The van der Waals surface area contributed by atoms with Crippen LogP contribution in [0.4, 0.5) is 0 Å². The Morgan fingerprint density at radius 1 is 1.28 bits per heavy atom. The smallest absolute Gasteiger partial charge is 0.137 e. The Balaban J connectivity index is 2.29. The maximum absolute atomic E-state index is 5.69. The number of H-pyrrole nitrogens is 1. The Labute approximate surface area is 114 Å². The zero-order valence-electron chi connectivity index (χ0n) is 11.5. The number of aryl methyl sites for hydroxylation is 1. The predicted octanol–water partition coefficient (Wildman–Crippen LogP) is 4.02. The molecule has 1 saturated carbocycles. The van der Waals surface area contributed by atoms with Gasteiger partial charge in [-0.05, 0) is 32.6 Å². The quantitative estimate of drug-likeness (QED) is 0.840. The van der Waals surface area contributed by atoms with E-state index in [1.807, 2.05) is 13.8 Å². The highest BCUT2D eigenvalue weighted by atomic mass is 32.1. The van der Waals surface area contributed by atoms with Gasteiger partial charge in [-0.25, -0.2) is 4.98 Å². The van der Waals surface area contributed by atoms with Gasteiger partial charge in [0, 0.05) is 18.4 Å². The van der Waals surface area contributed by atoms with Crippen LogP contribution in [0.2, 0.25) is 0 Å². The number of aromatic nitrogens is 2. The van der Waals surface area contributed by atoms with Crippen molar-refractivity contribution in [1.29, 1.82) is 0 Å². The first-order chi connectivity index (χ1) is 8.63. The van der Waals surface area contributed by atoms with Gasteiger partial charge in [-0.15, -0.1) is 0 Å². The minimum absolute atomic E-state index is 0.0614. The SMILES string of the molecule is COC(c1nc(=S)c(C)c(C)[nH]1)C1CCCCC1. The van der Waals surface area contributed by atoms with E-state index in [4.69, 9.17) is 17.0 Å². The molecule has 1 aromatic rings. The molecule has 0 aliphatic heterocycles. The zero-order chi connectivity index (χ0) is 13.1. The summed E-state index contributed by atoms with van der Waals surface area (Å²) in [5.74, 6) is 1.47. The Hall–Kier alpha value is -0.740. The van der Waals surface area contributed by atoms with Gasteiger partial charge < -0.3 is 9.72 Å². The minimum atomic E-state index is 0.0614. The third-order valence-corrected chi connectivity index (χ3v) is 4.42. The number of nitrogens with zero attached hydrogens (tertiary/aromatic N) is 1. The van der Waals surface area contributed by atoms with Gasteiger partial charge in [0.05, 0.1) is 0 Å². The summed E-state index contributed by atoms with van der Waals surface area (Å²) < 4.78 is 6.38. The molecule has 2 rings (SSSR count). The number of aromatic amines is 1. The molecule has 1 N–H and O–H groups in total. The van der Waals surface area contributed by atoms with Gasteiger partial charge in [0.2, 0.25) is 0 Å². The van der Waals surface area contributed by atoms with Gasteiger partial charge in [0.25, 0.3) is 0 Å². The molecular weight excluding hydrogens is 244 g/mol. The molecule has 1 fully saturated rings. The van der Waals surface area contributed by atoms with Gasteiger partial charge in [0.1, 0.15) is 16.6 Å². The predicted molar refractivity (Wildman–Crippen MR) is 75.2 cm³/mol. The van der Waals surface area contributed by atoms with E-state index in [0.717, 1.165) is 17.1 Å². The van der Waals surface area contributed by atoms with E-state index in [0.29, 0.717) is 10.6 Å². The van der Waals surface area contributed by atoms with Crippen LogP contribution in [-0.4, -0.2) is 17.1 Å². The summed E-state index contributed by atoms with van der Waals surface area (Å²) in [6.45, 7) is 4.05. The topological polar surface area (TPSA) is 37.9 Å². The van der Waals surface area contributed by atoms with Crippen LogP contribution in [0.25, 0.3) is 0 Å². The Morgan fingerprint density at radius 3 is 2.50 bits per heavy atom. The third-order valence-electron chi connectivity index (χ3n) is 4.02. The van der Waals surface area contributed by atoms with Crippen LogP contribution < -0.4 is 0 Å². The van der Waals surface area contributed by atoms with Crippen molar-refractivity contribution in [3.63, 3.8) is 0 Å². The fraction of sp³-hybridized carbons (Fsp3) is 0.714. The number of hydrogen-bond acceptors (Lipinski definition) is 3. The molecule has 18 heavy (non-hydrogen) atoms. The lowest BCUT2D eigenvalue weighted by molar-refractivity contribution is 0.0287.